The lowest BCUT2D eigenvalue weighted by Gasteiger charge is -2.20. The van der Waals surface area contributed by atoms with Crippen LogP contribution >= 0.6 is 7.82 Å². The lowest BCUT2D eigenvalue weighted by Crippen LogP contribution is -2.29. The van der Waals surface area contributed by atoms with E-state index in [4.69, 9.17) is 23.0 Å². The van der Waals surface area contributed by atoms with Gasteiger partial charge in [0.15, 0.2) is 18.0 Å². The third kappa shape index (κ3) is 27.5. The number of Topliss-reactive ketones (excluding diaryl/α,β-unsaturated/α-hetero) is 1. The molecule has 9 heteroatoms. The fourth-order valence-electron chi connectivity index (χ4n) is 5.02. The van der Waals surface area contributed by atoms with Crippen LogP contribution in [0.15, 0.2) is 0 Å². The Morgan fingerprint density at radius 3 is 1.32 bits per heavy atom. The van der Waals surface area contributed by atoms with E-state index < -0.39 is 26.0 Å². The fourth-order valence-corrected chi connectivity index (χ4v) is 6.04. The maximum Gasteiger partial charge on any atom is 0.475 e. The van der Waals surface area contributed by atoms with Crippen LogP contribution in [0.1, 0.15) is 175 Å². The second-order valence-electron chi connectivity index (χ2n) is 12.3. The van der Waals surface area contributed by atoms with Crippen LogP contribution in [0.5, 0.6) is 0 Å². The Bertz CT molecular complexity index is 717. The highest BCUT2D eigenvalue weighted by Crippen LogP contribution is 2.49. The number of hydrogen-bond donors (Lipinski definition) is 0. The van der Waals surface area contributed by atoms with Crippen molar-refractivity contribution in [2.24, 2.45) is 0 Å². The van der Waals surface area contributed by atoms with E-state index in [2.05, 4.69) is 6.92 Å². The minimum absolute atomic E-state index is 0.0100. The molecule has 0 aromatic carbocycles. The van der Waals surface area contributed by atoms with Gasteiger partial charge in [-0.15, -0.1) is 0 Å². The Kier molecular flexibility index (Phi) is 30.3. The molecule has 44 heavy (non-hydrogen) atoms. The Labute approximate surface area is 271 Å². The second kappa shape index (κ2) is 30.8. The van der Waals surface area contributed by atoms with E-state index in [0.717, 1.165) is 12.8 Å². The van der Waals surface area contributed by atoms with E-state index in [-0.39, 0.29) is 19.0 Å². The maximum atomic E-state index is 12.6. The van der Waals surface area contributed by atoms with Gasteiger partial charge in [0.1, 0.15) is 0 Å². The minimum Gasteiger partial charge on any atom is -0.453 e. The van der Waals surface area contributed by atoms with E-state index in [1.807, 2.05) is 0 Å². The molecule has 3 atom stereocenters. The molecule has 0 aromatic heterocycles. The quantitative estimate of drug-likeness (QED) is 0.0386. The summed E-state index contributed by atoms with van der Waals surface area (Å²) in [6, 6.07) is 0. The summed E-state index contributed by atoms with van der Waals surface area (Å²) in [4.78, 5) is 23.2. The predicted octanol–water partition coefficient (Wildman–Crippen LogP) is 10.7. The number of unbranched alkanes of at least 4 members (excludes halogenated alkanes) is 22. The topological polar surface area (TPSA) is 97.4 Å². The molecular formula is C35H69O8P. The van der Waals surface area contributed by atoms with Gasteiger partial charge in [-0.2, -0.15) is 0 Å². The summed E-state index contributed by atoms with van der Waals surface area (Å²) in [6.07, 6.45) is 29.3. The third-order valence-electron chi connectivity index (χ3n) is 8.08. The van der Waals surface area contributed by atoms with Crippen LogP contribution < -0.4 is 0 Å². The molecule has 0 saturated carbocycles. The summed E-state index contributed by atoms with van der Waals surface area (Å²) < 4.78 is 38.3. The van der Waals surface area contributed by atoms with Crippen LogP contribution in [0.3, 0.4) is 0 Å². The molecule has 0 spiro atoms. The van der Waals surface area contributed by atoms with Gasteiger partial charge < -0.3 is 9.47 Å². The van der Waals surface area contributed by atoms with Crippen molar-refractivity contribution < 1.29 is 37.2 Å². The molecule has 0 heterocycles. The smallest absolute Gasteiger partial charge is 0.453 e. The normalized spacial score (nSPS) is 14.3. The number of phosphoric ester groups is 1. The Hall–Kier alpha value is -0.790. The molecule has 0 radical (unpaired) electrons. The molecule has 262 valence electrons. The summed E-state index contributed by atoms with van der Waals surface area (Å²) in [6.45, 7) is 7.30. The molecule has 0 aliphatic carbocycles. The molecule has 0 saturated heterocycles. The minimum atomic E-state index is -3.94. The molecule has 0 aliphatic rings. The summed E-state index contributed by atoms with van der Waals surface area (Å²) in [5, 5.41) is 0. The Balaban J connectivity index is 3.45. The van der Waals surface area contributed by atoms with Gasteiger partial charge in [0.2, 0.25) is 0 Å². The van der Waals surface area contributed by atoms with Crippen LogP contribution in [-0.2, 0) is 37.2 Å². The Morgan fingerprint density at radius 2 is 0.955 bits per heavy atom. The lowest BCUT2D eigenvalue weighted by molar-refractivity contribution is -0.160. The zero-order chi connectivity index (χ0) is 32.7. The molecule has 0 rings (SSSR count). The first kappa shape index (κ1) is 43.2. The number of carbonyl (C=O) groups excluding carboxylic acids is 2. The van der Waals surface area contributed by atoms with E-state index in [0.29, 0.717) is 6.61 Å². The molecule has 8 nitrogen and oxygen atoms in total. The number of phosphoric acid groups is 1. The number of ether oxygens (including phenoxy) is 2. The van der Waals surface area contributed by atoms with Gasteiger partial charge in [-0.05, 0) is 27.2 Å². The van der Waals surface area contributed by atoms with E-state index in [1.54, 1.807) is 0 Å². The number of carbonyl (C=O) groups is 2. The number of esters is 1. The van der Waals surface area contributed by atoms with Gasteiger partial charge in [0, 0.05) is 13.7 Å². The summed E-state index contributed by atoms with van der Waals surface area (Å²) in [7, 11) is -2.76. The van der Waals surface area contributed by atoms with Crippen molar-refractivity contribution in [3.63, 3.8) is 0 Å². The second-order valence-corrected chi connectivity index (χ2v) is 14.0. The molecule has 0 amide bonds. The van der Waals surface area contributed by atoms with Crippen molar-refractivity contribution in [2.75, 3.05) is 26.9 Å². The van der Waals surface area contributed by atoms with Crippen LogP contribution in [0.2, 0.25) is 0 Å². The van der Waals surface area contributed by atoms with Gasteiger partial charge in [0.05, 0.1) is 13.2 Å². The molecule has 0 aromatic rings. The first-order valence-electron chi connectivity index (χ1n) is 18.0. The summed E-state index contributed by atoms with van der Waals surface area (Å²) in [5.41, 5.74) is 0. The van der Waals surface area contributed by atoms with Crippen LogP contribution in [0.25, 0.3) is 0 Å². The monoisotopic (exact) mass is 648 g/mol. The van der Waals surface area contributed by atoms with Gasteiger partial charge in [-0.3, -0.25) is 18.4 Å². The number of rotatable bonds is 34. The van der Waals surface area contributed by atoms with E-state index in [1.165, 1.54) is 163 Å². The molecule has 3 unspecified atom stereocenters. The SMILES string of the molecule is CCCCCCCCCCCCCCCCCCCCCCCCCOCCOP(=O)(OC)OC(C)C(=O)OC(C)C(C)=O. The van der Waals surface area contributed by atoms with Crippen LogP contribution in [0, 0.1) is 0 Å². The van der Waals surface area contributed by atoms with Crippen molar-refractivity contribution in [1.29, 1.82) is 0 Å². The first-order valence-corrected chi connectivity index (χ1v) is 19.5. The number of ketones is 1. The van der Waals surface area contributed by atoms with Crippen LogP contribution in [-0.4, -0.2) is 50.9 Å². The third-order valence-corrected chi connectivity index (χ3v) is 9.60. The average molecular weight is 649 g/mol. The first-order chi connectivity index (χ1) is 21.3. The largest absolute Gasteiger partial charge is 0.475 e. The van der Waals surface area contributed by atoms with Gasteiger partial charge >= 0.3 is 13.8 Å². The predicted molar refractivity (Wildman–Crippen MR) is 180 cm³/mol. The van der Waals surface area contributed by atoms with E-state index >= 15 is 0 Å². The molecular weight excluding hydrogens is 579 g/mol. The fraction of sp³-hybridized carbons (Fsp3) is 0.943. The van der Waals surface area contributed by atoms with E-state index in [9.17, 15) is 14.2 Å². The van der Waals surface area contributed by atoms with Crippen molar-refractivity contribution in [3.05, 3.63) is 0 Å². The maximum absolute atomic E-state index is 12.6. The molecule has 0 aliphatic heterocycles. The van der Waals surface area contributed by atoms with Crippen molar-refractivity contribution in [3.8, 4) is 0 Å². The van der Waals surface area contributed by atoms with Gasteiger partial charge in [0.25, 0.3) is 0 Å². The highest BCUT2D eigenvalue weighted by molar-refractivity contribution is 7.48. The van der Waals surface area contributed by atoms with Crippen molar-refractivity contribution in [2.45, 2.75) is 188 Å². The van der Waals surface area contributed by atoms with Gasteiger partial charge in [-0.25, -0.2) is 9.36 Å². The van der Waals surface area contributed by atoms with Crippen LogP contribution in [0.4, 0.5) is 0 Å². The zero-order valence-corrected chi connectivity index (χ0v) is 30.1. The highest BCUT2D eigenvalue weighted by atomic mass is 31.2. The Morgan fingerprint density at radius 1 is 0.568 bits per heavy atom. The van der Waals surface area contributed by atoms with Crippen molar-refractivity contribution in [1.82, 2.24) is 0 Å². The van der Waals surface area contributed by atoms with Crippen molar-refractivity contribution >= 4 is 19.6 Å². The zero-order valence-electron chi connectivity index (χ0n) is 29.3. The molecule has 0 bridgehead atoms. The van der Waals surface area contributed by atoms with Gasteiger partial charge in [-0.1, -0.05) is 148 Å². The highest BCUT2D eigenvalue weighted by Gasteiger charge is 2.32. The number of hydrogen-bond acceptors (Lipinski definition) is 8. The molecule has 0 fully saturated rings. The summed E-state index contributed by atoms with van der Waals surface area (Å²) in [5.74, 6) is -1.11. The molecule has 0 N–H and O–H groups in total. The lowest BCUT2D eigenvalue weighted by atomic mass is 10.0. The summed E-state index contributed by atoms with van der Waals surface area (Å²) >= 11 is 0. The standard InChI is InChI=1S/C35H69O8P/c1-6-7-8-9-10-11-12-13-14-15-16-17-18-19-20-21-22-23-24-25-26-27-28-29-40-30-31-41-44(38,39-5)43-34(4)35(37)42-33(3)32(2)36/h33-34H,6-31H2,1-5H3. The average Bonchev–Trinajstić information content (AvgIpc) is 3.00.